The minimum Gasteiger partial charge on any atom is -0.388 e. The molecule has 9 heteroatoms. The van der Waals surface area contributed by atoms with Crippen LogP contribution >= 0.6 is 0 Å². The van der Waals surface area contributed by atoms with Gasteiger partial charge in [-0.25, -0.2) is 8.42 Å². The molecule has 150 valence electrons. The second-order valence-electron chi connectivity index (χ2n) is 7.65. The quantitative estimate of drug-likeness (QED) is 0.675. The molecule has 2 atom stereocenters. The van der Waals surface area contributed by atoms with Gasteiger partial charge >= 0.3 is 0 Å². The summed E-state index contributed by atoms with van der Waals surface area (Å²) in [7, 11) is -3.18. The Kier molecular flexibility index (Phi) is 6.35. The molecule has 26 heavy (non-hydrogen) atoms. The smallest absolute Gasteiger partial charge is 0.223 e. The van der Waals surface area contributed by atoms with Crippen LogP contribution in [-0.2, 0) is 24.2 Å². The van der Waals surface area contributed by atoms with E-state index in [2.05, 4.69) is 5.32 Å². The van der Waals surface area contributed by atoms with E-state index in [0.717, 1.165) is 6.26 Å². The highest BCUT2D eigenvalue weighted by molar-refractivity contribution is 7.90. The molecule has 0 bridgehead atoms. The molecule has 0 radical (unpaired) electrons. The molecule has 2 heterocycles. The number of nitrogens with one attached hydrogen (secondary N) is 1. The molecule has 8 nitrogen and oxygen atoms in total. The van der Waals surface area contributed by atoms with Gasteiger partial charge in [-0.05, 0) is 26.2 Å². The molecule has 0 aliphatic carbocycles. The third-order valence-corrected chi connectivity index (χ3v) is 6.45. The Labute approximate surface area is 155 Å². The van der Waals surface area contributed by atoms with Crippen molar-refractivity contribution < 1.29 is 27.9 Å². The minimum atomic E-state index is -3.18. The highest BCUT2D eigenvalue weighted by Gasteiger charge is 2.53. The summed E-state index contributed by atoms with van der Waals surface area (Å²) >= 11 is 0. The SMILES string of the molecule is CCC(=O)N[C@]1(C)CCOC2(CCN(C(=O)CCS(C)(=O)=O)CC2)[C@H]1O. The van der Waals surface area contributed by atoms with Gasteiger partial charge in [-0.2, -0.15) is 0 Å². The molecule has 0 aromatic heterocycles. The van der Waals surface area contributed by atoms with Gasteiger partial charge in [-0.15, -0.1) is 0 Å². The van der Waals surface area contributed by atoms with Crippen LogP contribution in [0.4, 0.5) is 0 Å². The van der Waals surface area contributed by atoms with Crippen molar-refractivity contribution in [2.24, 2.45) is 0 Å². The fourth-order valence-electron chi connectivity index (χ4n) is 3.78. The topological polar surface area (TPSA) is 113 Å². The number of hydrogen-bond acceptors (Lipinski definition) is 6. The predicted octanol–water partition coefficient (Wildman–Crippen LogP) is -0.152. The zero-order valence-electron chi connectivity index (χ0n) is 15.8. The van der Waals surface area contributed by atoms with Crippen LogP contribution in [0.5, 0.6) is 0 Å². The van der Waals surface area contributed by atoms with Crippen molar-refractivity contribution in [3.8, 4) is 0 Å². The molecule has 2 rings (SSSR count). The normalized spacial score (nSPS) is 28.8. The molecule has 0 unspecified atom stereocenters. The predicted molar refractivity (Wildman–Crippen MR) is 96.3 cm³/mol. The molecule has 2 amide bonds. The van der Waals surface area contributed by atoms with Crippen LogP contribution in [-0.4, -0.2) is 79.2 Å². The summed E-state index contributed by atoms with van der Waals surface area (Å²) in [6.07, 6.45) is 2.00. The summed E-state index contributed by atoms with van der Waals surface area (Å²) in [5.74, 6) is -0.470. The lowest BCUT2D eigenvalue weighted by Gasteiger charge is -2.53. The first kappa shape index (κ1) is 21.1. The van der Waals surface area contributed by atoms with Crippen molar-refractivity contribution in [2.75, 3.05) is 31.7 Å². The van der Waals surface area contributed by atoms with Crippen LogP contribution in [0, 0.1) is 0 Å². The highest BCUT2D eigenvalue weighted by atomic mass is 32.2. The van der Waals surface area contributed by atoms with Gasteiger partial charge in [0.15, 0.2) is 0 Å². The van der Waals surface area contributed by atoms with E-state index in [1.807, 2.05) is 6.92 Å². The number of piperidine rings is 1. The Hall–Kier alpha value is -1.19. The number of carbonyl (C=O) groups excluding carboxylic acids is 2. The number of amides is 2. The maximum atomic E-state index is 12.2. The molecular formula is C17H30N2O6S. The van der Waals surface area contributed by atoms with E-state index >= 15 is 0 Å². The number of nitrogens with zero attached hydrogens (tertiary/aromatic N) is 1. The lowest BCUT2D eigenvalue weighted by molar-refractivity contribution is -0.208. The molecule has 2 saturated heterocycles. The minimum absolute atomic E-state index is 0.0283. The number of sulfone groups is 1. The first-order valence-electron chi connectivity index (χ1n) is 9.10. The van der Waals surface area contributed by atoms with E-state index in [1.54, 1.807) is 11.8 Å². The van der Waals surface area contributed by atoms with Crippen LogP contribution in [0.3, 0.4) is 0 Å². The molecule has 0 saturated carbocycles. The summed E-state index contributed by atoms with van der Waals surface area (Å²) in [4.78, 5) is 25.7. The van der Waals surface area contributed by atoms with Crippen molar-refractivity contribution in [1.82, 2.24) is 10.2 Å². The van der Waals surface area contributed by atoms with Crippen LogP contribution in [0.2, 0.25) is 0 Å². The largest absolute Gasteiger partial charge is 0.388 e. The van der Waals surface area contributed by atoms with Crippen LogP contribution in [0.1, 0.15) is 46.0 Å². The number of carbonyl (C=O) groups is 2. The molecule has 2 aliphatic rings. The van der Waals surface area contributed by atoms with E-state index in [-0.39, 0.29) is 24.0 Å². The van der Waals surface area contributed by atoms with Gasteiger partial charge < -0.3 is 20.1 Å². The molecule has 2 N–H and O–H groups in total. The summed E-state index contributed by atoms with van der Waals surface area (Å²) in [5.41, 5.74) is -1.55. The molecule has 2 aliphatic heterocycles. The number of aliphatic hydroxyl groups excluding tert-OH is 1. The van der Waals surface area contributed by atoms with Gasteiger partial charge in [-0.3, -0.25) is 9.59 Å². The van der Waals surface area contributed by atoms with Crippen molar-refractivity contribution in [3.05, 3.63) is 0 Å². The van der Waals surface area contributed by atoms with Gasteiger partial charge in [0.2, 0.25) is 11.8 Å². The third kappa shape index (κ3) is 4.75. The lowest BCUT2D eigenvalue weighted by atomic mass is 9.73. The van der Waals surface area contributed by atoms with Gasteiger partial charge in [0.1, 0.15) is 15.9 Å². The van der Waals surface area contributed by atoms with E-state index in [4.69, 9.17) is 4.74 Å². The maximum Gasteiger partial charge on any atom is 0.223 e. The van der Waals surface area contributed by atoms with Crippen molar-refractivity contribution in [3.63, 3.8) is 0 Å². The monoisotopic (exact) mass is 390 g/mol. The molecule has 1 spiro atoms. The summed E-state index contributed by atoms with van der Waals surface area (Å²) in [6, 6.07) is 0. The third-order valence-electron chi connectivity index (χ3n) is 5.51. The van der Waals surface area contributed by atoms with E-state index in [0.29, 0.717) is 45.4 Å². The molecule has 0 aromatic carbocycles. The fourth-order valence-corrected chi connectivity index (χ4v) is 4.33. The second-order valence-corrected chi connectivity index (χ2v) is 9.91. The highest BCUT2D eigenvalue weighted by Crippen LogP contribution is 2.40. The Morgan fingerprint density at radius 3 is 2.42 bits per heavy atom. The number of likely N-dealkylation sites (tertiary alicyclic amines) is 1. The van der Waals surface area contributed by atoms with Crippen molar-refractivity contribution >= 4 is 21.7 Å². The van der Waals surface area contributed by atoms with Crippen LogP contribution in [0.15, 0.2) is 0 Å². The second kappa shape index (κ2) is 7.82. The van der Waals surface area contributed by atoms with Gasteiger partial charge in [0.25, 0.3) is 0 Å². The first-order chi connectivity index (χ1) is 12.0. The number of ether oxygens (including phenoxy) is 1. The number of hydrogen-bond donors (Lipinski definition) is 2. The van der Waals surface area contributed by atoms with E-state index < -0.39 is 27.1 Å². The summed E-state index contributed by atoms with van der Waals surface area (Å²) in [5, 5.41) is 13.9. The fraction of sp³-hybridized carbons (Fsp3) is 0.882. The van der Waals surface area contributed by atoms with E-state index in [1.165, 1.54) is 0 Å². The van der Waals surface area contributed by atoms with Gasteiger partial charge in [-0.1, -0.05) is 6.92 Å². The number of rotatable bonds is 5. The van der Waals surface area contributed by atoms with Gasteiger partial charge in [0, 0.05) is 38.8 Å². The zero-order chi connectivity index (χ0) is 19.6. The average molecular weight is 391 g/mol. The Bertz CT molecular complexity index is 642. The van der Waals surface area contributed by atoms with Crippen molar-refractivity contribution in [1.29, 1.82) is 0 Å². The van der Waals surface area contributed by atoms with Crippen LogP contribution < -0.4 is 5.32 Å². The summed E-state index contributed by atoms with van der Waals surface area (Å²) < 4.78 is 28.4. The first-order valence-corrected chi connectivity index (χ1v) is 11.2. The van der Waals surface area contributed by atoms with Gasteiger partial charge in [0.05, 0.1) is 16.9 Å². The molecule has 2 fully saturated rings. The number of aliphatic hydroxyl groups is 1. The Balaban J connectivity index is 2.00. The average Bonchev–Trinajstić information content (AvgIpc) is 2.57. The van der Waals surface area contributed by atoms with Crippen molar-refractivity contribution in [2.45, 2.75) is 63.2 Å². The lowest BCUT2D eigenvalue weighted by Crippen LogP contribution is -2.69. The maximum absolute atomic E-state index is 12.2. The van der Waals surface area contributed by atoms with Crippen LogP contribution in [0.25, 0.3) is 0 Å². The standard InChI is InChI=1S/C17H30N2O6S/c1-4-13(20)18-16(2)8-11-25-17(15(16)22)6-9-19(10-7-17)14(21)5-12-26(3,23)24/h15,22H,4-12H2,1-3H3,(H,18,20)/t15-,16+/m0/s1. The van der Waals surface area contributed by atoms with E-state index in [9.17, 15) is 23.1 Å². The molecule has 0 aromatic rings. The zero-order valence-corrected chi connectivity index (χ0v) is 16.6. The Morgan fingerprint density at radius 1 is 1.27 bits per heavy atom. The summed E-state index contributed by atoms with van der Waals surface area (Å²) in [6.45, 7) is 4.83. The molecular weight excluding hydrogens is 360 g/mol. The Morgan fingerprint density at radius 2 is 1.88 bits per heavy atom.